The second kappa shape index (κ2) is 5.68. The van der Waals surface area contributed by atoms with Crippen LogP contribution in [0.25, 0.3) is 0 Å². The highest BCUT2D eigenvalue weighted by Crippen LogP contribution is 2.27. The second-order valence-corrected chi connectivity index (χ2v) is 4.26. The molecule has 0 aliphatic heterocycles. The van der Waals surface area contributed by atoms with Gasteiger partial charge in [0.1, 0.15) is 6.10 Å². The van der Waals surface area contributed by atoms with Crippen molar-refractivity contribution in [2.24, 2.45) is 0 Å². The van der Waals surface area contributed by atoms with E-state index in [1.54, 1.807) is 6.07 Å². The summed E-state index contributed by atoms with van der Waals surface area (Å²) in [5.74, 6) is 0.0315. The Kier molecular flexibility index (Phi) is 4.80. The van der Waals surface area contributed by atoms with Crippen LogP contribution in [0.4, 0.5) is 0 Å². The van der Waals surface area contributed by atoms with Gasteiger partial charge >= 0.3 is 0 Å². The molecule has 3 nitrogen and oxygen atoms in total. The first kappa shape index (κ1) is 13.5. The van der Waals surface area contributed by atoms with Crippen LogP contribution in [0.3, 0.4) is 0 Å². The number of halogens is 1. The van der Waals surface area contributed by atoms with Gasteiger partial charge in [0, 0.05) is 21.9 Å². The molecule has 2 unspecified atom stereocenters. The largest absolute Gasteiger partial charge is 0.389 e. The lowest BCUT2D eigenvalue weighted by Crippen LogP contribution is -2.20. The highest BCUT2D eigenvalue weighted by Gasteiger charge is 2.19. The van der Waals surface area contributed by atoms with Gasteiger partial charge in [0.25, 0.3) is 0 Å². The van der Waals surface area contributed by atoms with Crippen molar-refractivity contribution >= 4 is 30.0 Å². The van der Waals surface area contributed by atoms with E-state index in [4.69, 9.17) is 11.6 Å². The molecule has 1 rings (SSSR count). The van der Waals surface area contributed by atoms with Crippen molar-refractivity contribution in [3.8, 4) is 0 Å². The van der Waals surface area contributed by atoms with Gasteiger partial charge in [0.05, 0.1) is 6.10 Å². The van der Waals surface area contributed by atoms with Gasteiger partial charge in [-0.1, -0.05) is 23.7 Å². The molecule has 2 atom stereocenters. The summed E-state index contributed by atoms with van der Waals surface area (Å²) in [6, 6.07) is 4.59. The number of carbonyl (C=O) groups is 1. The highest BCUT2D eigenvalue weighted by atomic mass is 35.5. The molecule has 0 aliphatic rings. The van der Waals surface area contributed by atoms with Crippen LogP contribution in [0.2, 0.25) is 5.02 Å². The molecule has 0 saturated carbocycles. The molecule has 0 fully saturated rings. The summed E-state index contributed by atoms with van der Waals surface area (Å²) >= 11 is 9.81. The lowest BCUT2D eigenvalue weighted by atomic mass is 10.0. The number of thiol groups is 1. The minimum absolute atomic E-state index is 0.0994. The van der Waals surface area contributed by atoms with Crippen LogP contribution in [0.5, 0.6) is 0 Å². The molecule has 0 radical (unpaired) electrons. The topological polar surface area (TPSA) is 57.5 Å². The third-order valence-corrected chi connectivity index (χ3v) is 2.98. The van der Waals surface area contributed by atoms with Gasteiger partial charge < -0.3 is 10.2 Å². The third-order valence-electron chi connectivity index (χ3n) is 2.28. The SMILES string of the molecule is CC(=O)c1ccc(C(O)C(O)CS)c(Cl)c1. The molecule has 0 aromatic heterocycles. The lowest BCUT2D eigenvalue weighted by molar-refractivity contribution is 0.0338. The second-order valence-electron chi connectivity index (χ2n) is 3.49. The maximum Gasteiger partial charge on any atom is 0.159 e. The van der Waals surface area contributed by atoms with E-state index < -0.39 is 12.2 Å². The zero-order chi connectivity index (χ0) is 12.3. The molecule has 0 bridgehead atoms. The van der Waals surface area contributed by atoms with Crippen LogP contribution < -0.4 is 0 Å². The van der Waals surface area contributed by atoms with E-state index in [9.17, 15) is 15.0 Å². The number of Topliss-reactive ketones (excluding diaryl/α,β-unsaturated/α-hetero) is 1. The van der Waals surface area contributed by atoms with E-state index >= 15 is 0 Å². The Morgan fingerprint density at radius 3 is 2.56 bits per heavy atom. The fourth-order valence-electron chi connectivity index (χ4n) is 1.29. The van der Waals surface area contributed by atoms with Crippen molar-refractivity contribution in [2.75, 3.05) is 5.75 Å². The van der Waals surface area contributed by atoms with Gasteiger partial charge in [-0.25, -0.2) is 0 Å². The van der Waals surface area contributed by atoms with Crippen molar-refractivity contribution in [3.05, 3.63) is 34.3 Å². The summed E-state index contributed by atoms with van der Waals surface area (Å²) < 4.78 is 0. The van der Waals surface area contributed by atoms with E-state index in [0.29, 0.717) is 11.1 Å². The third kappa shape index (κ3) is 2.98. The summed E-state index contributed by atoms with van der Waals surface area (Å²) in [6.45, 7) is 1.43. The van der Waals surface area contributed by atoms with Gasteiger partial charge in [0.15, 0.2) is 5.78 Å². The van der Waals surface area contributed by atoms with E-state index in [0.717, 1.165) is 0 Å². The minimum Gasteiger partial charge on any atom is -0.389 e. The molecule has 5 heteroatoms. The molecule has 2 N–H and O–H groups in total. The molecule has 0 aliphatic carbocycles. The predicted molar refractivity (Wildman–Crippen MR) is 66.3 cm³/mol. The van der Waals surface area contributed by atoms with Crippen LogP contribution in [-0.4, -0.2) is 27.9 Å². The van der Waals surface area contributed by atoms with E-state index in [-0.39, 0.29) is 16.6 Å². The monoisotopic (exact) mass is 260 g/mol. The number of rotatable bonds is 4. The van der Waals surface area contributed by atoms with E-state index in [2.05, 4.69) is 12.6 Å². The summed E-state index contributed by atoms with van der Waals surface area (Å²) in [7, 11) is 0. The van der Waals surface area contributed by atoms with Gasteiger partial charge in [-0.3, -0.25) is 4.79 Å². The van der Waals surface area contributed by atoms with Crippen molar-refractivity contribution in [3.63, 3.8) is 0 Å². The molecule has 0 amide bonds. The minimum atomic E-state index is -1.09. The first-order valence-electron chi connectivity index (χ1n) is 4.74. The molecule has 1 aromatic carbocycles. The lowest BCUT2D eigenvalue weighted by Gasteiger charge is -2.17. The summed E-state index contributed by atoms with van der Waals surface area (Å²) in [6.07, 6.45) is -2.07. The van der Waals surface area contributed by atoms with Crippen LogP contribution in [0, 0.1) is 0 Å². The van der Waals surface area contributed by atoms with Crippen LogP contribution in [0.1, 0.15) is 28.9 Å². The van der Waals surface area contributed by atoms with Crippen molar-refractivity contribution < 1.29 is 15.0 Å². The van der Waals surface area contributed by atoms with Crippen molar-refractivity contribution in [2.45, 2.75) is 19.1 Å². The number of aliphatic hydroxyl groups is 2. The first-order chi connectivity index (χ1) is 7.47. The zero-order valence-electron chi connectivity index (χ0n) is 8.72. The van der Waals surface area contributed by atoms with Gasteiger partial charge in [0.2, 0.25) is 0 Å². The zero-order valence-corrected chi connectivity index (χ0v) is 10.4. The number of hydrogen-bond acceptors (Lipinski definition) is 4. The highest BCUT2D eigenvalue weighted by molar-refractivity contribution is 7.80. The Hall–Kier alpha value is -0.550. The van der Waals surface area contributed by atoms with Crippen molar-refractivity contribution in [1.82, 2.24) is 0 Å². The average molecular weight is 261 g/mol. The summed E-state index contributed by atoms with van der Waals surface area (Å²) in [4.78, 5) is 11.1. The normalized spacial score (nSPS) is 14.6. The van der Waals surface area contributed by atoms with Gasteiger partial charge in [-0.05, 0) is 13.0 Å². The fraction of sp³-hybridized carbons (Fsp3) is 0.364. The smallest absolute Gasteiger partial charge is 0.159 e. The van der Waals surface area contributed by atoms with Crippen LogP contribution in [0.15, 0.2) is 18.2 Å². The Morgan fingerprint density at radius 1 is 1.50 bits per heavy atom. The molecular weight excluding hydrogens is 248 g/mol. The van der Waals surface area contributed by atoms with E-state index in [1.807, 2.05) is 0 Å². The Balaban J connectivity index is 3.03. The molecule has 16 heavy (non-hydrogen) atoms. The molecule has 0 saturated heterocycles. The maximum absolute atomic E-state index is 11.1. The van der Waals surface area contributed by atoms with E-state index in [1.165, 1.54) is 19.1 Å². The summed E-state index contributed by atoms with van der Waals surface area (Å²) in [5.41, 5.74) is 0.870. The van der Waals surface area contributed by atoms with Gasteiger partial charge in [-0.2, -0.15) is 12.6 Å². The molecular formula is C11H13ClO3S. The van der Waals surface area contributed by atoms with Crippen LogP contribution in [-0.2, 0) is 0 Å². The maximum atomic E-state index is 11.1. The Bertz CT molecular complexity index is 395. The number of ketones is 1. The molecule has 0 spiro atoms. The predicted octanol–water partition coefficient (Wildman–Crippen LogP) is 1.87. The fourth-order valence-corrected chi connectivity index (χ4v) is 1.79. The molecule has 0 heterocycles. The average Bonchev–Trinajstić information content (AvgIpc) is 2.26. The van der Waals surface area contributed by atoms with Gasteiger partial charge in [-0.15, -0.1) is 0 Å². The Labute approximate surface area is 104 Å². The standard InChI is InChI=1S/C11H13ClO3S/c1-6(13)7-2-3-8(9(12)4-7)11(15)10(14)5-16/h2-4,10-11,14-16H,5H2,1H3. The molecule has 88 valence electrons. The number of hydrogen-bond donors (Lipinski definition) is 3. The first-order valence-corrected chi connectivity index (χ1v) is 5.75. The number of aliphatic hydroxyl groups excluding tert-OH is 2. The quantitative estimate of drug-likeness (QED) is 0.572. The molecule has 1 aromatic rings. The number of carbonyl (C=O) groups excluding carboxylic acids is 1. The summed E-state index contributed by atoms with van der Waals surface area (Å²) in [5, 5.41) is 19.4. The van der Waals surface area contributed by atoms with Crippen LogP contribution >= 0.6 is 24.2 Å². The van der Waals surface area contributed by atoms with Crippen molar-refractivity contribution in [1.29, 1.82) is 0 Å². The number of benzene rings is 1. The Morgan fingerprint density at radius 2 is 2.12 bits per heavy atom.